The predicted molar refractivity (Wildman–Crippen MR) is 98.8 cm³/mol. The van der Waals surface area contributed by atoms with Gasteiger partial charge in [0.2, 0.25) is 10.0 Å². The van der Waals surface area contributed by atoms with Gasteiger partial charge >= 0.3 is 6.18 Å². The second-order valence-corrected chi connectivity index (χ2v) is 9.34. The van der Waals surface area contributed by atoms with Crippen molar-refractivity contribution in [3.05, 3.63) is 81.6 Å². The van der Waals surface area contributed by atoms with E-state index in [0.717, 1.165) is 46.6 Å². The van der Waals surface area contributed by atoms with E-state index in [9.17, 15) is 21.6 Å². The SMILES string of the molecule is O=S(=O)(c1ccc(C(F)(F)F)cc1)N1[C@@H]2c3cc(Cl)ccc3[C@H]1Cc1[nH]ncc12. The van der Waals surface area contributed by atoms with Gasteiger partial charge in [0.05, 0.1) is 28.7 Å². The Bertz CT molecular complexity index is 1220. The maximum absolute atomic E-state index is 13.5. The minimum Gasteiger partial charge on any atom is -0.282 e. The summed E-state index contributed by atoms with van der Waals surface area (Å²) in [4.78, 5) is -0.189. The van der Waals surface area contributed by atoms with Crippen molar-refractivity contribution in [1.29, 1.82) is 0 Å². The lowest BCUT2D eigenvalue weighted by molar-refractivity contribution is -0.137. The Kier molecular flexibility index (Phi) is 3.90. The number of aromatic amines is 1. The lowest BCUT2D eigenvalue weighted by Gasteiger charge is -2.33. The van der Waals surface area contributed by atoms with Crippen LogP contribution in [0.2, 0.25) is 5.02 Å². The van der Waals surface area contributed by atoms with Crippen LogP contribution >= 0.6 is 11.6 Å². The summed E-state index contributed by atoms with van der Waals surface area (Å²) in [6.07, 6.45) is -2.56. The standard InChI is InChI=1S/C19H13ClF3N3O2S/c20-11-3-6-13-14(7-11)18-15-9-24-25-16(15)8-17(13)26(18)29(27,28)12-4-1-10(2-5-12)19(21,22)23/h1-7,9,17-18H,8H2,(H,24,25)/t17-,18-/m1/s1. The van der Waals surface area contributed by atoms with Gasteiger partial charge in [0.25, 0.3) is 0 Å². The van der Waals surface area contributed by atoms with Crippen LogP contribution in [0.15, 0.2) is 53.6 Å². The summed E-state index contributed by atoms with van der Waals surface area (Å²) in [6, 6.07) is 7.68. The molecule has 1 N–H and O–H groups in total. The number of benzene rings is 2. The fourth-order valence-electron chi connectivity index (χ4n) is 4.20. The van der Waals surface area contributed by atoms with Crippen LogP contribution < -0.4 is 0 Å². The van der Waals surface area contributed by atoms with Crippen LogP contribution in [0.5, 0.6) is 0 Å². The molecule has 2 aromatic carbocycles. The van der Waals surface area contributed by atoms with E-state index in [1.807, 2.05) is 0 Å². The molecule has 2 aliphatic heterocycles. The van der Waals surface area contributed by atoms with Crippen molar-refractivity contribution in [2.45, 2.75) is 29.6 Å². The molecule has 5 nitrogen and oxygen atoms in total. The Morgan fingerprint density at radius 1 is 1.07 bits per heavy atom. The first-order chi connectivity index (χ1) is 13.7. The summed E-state index contributed by atoms with van der Waals surface area (Å²) >= 11 is 6.16. The first-order valence-corrected chi connectivity index (χ1v) is 10.5. The molecule has 2 aliphatic rings. The van der Waals surface area contributed by atoms with E-state index in [4.69, 9.17) is 11.6 Å². The molecule has 29 heavy (non-hydrogen) atoms. The smallest absolute Gasteiger partial charge is 0.282 e. The Hall–Kier alpha value is -2.36. The Morgan fingerprint density at radius 2 is 1.79 bits per heavy atom. The van der Waals surface area contributed by atoms with E-state index in [0.29, 0.717) is 11.4 Å². The predicted octanol–water partition coefficient (Wildman–Crippen LogP) is 4.47. The van der Waals surface area contributed by atoms with E-state index in [1.54, 1.807) is 24.4 Å². The summed E-state index contributed by atoms with van der Waals surface area (Å²) in [5.41, 5.74) is 2.26. The van der Waals surface area contributed by atoms with E-state index in [2.05, 4.69) is 10.2 Å². The molecule has 0 aliphatic carbocycles. The molecule has 0 saturated heterocycles. The van der Waals surface area contributed by atoms with Gasteiger partial charge in [0.15, 0.2) is 0 Å². The highest BCUT2D eigenvalue weighted by molar-refractivity contribution is 7.89. The molecule has 2 bridgehead atoms. The Labute approximate surface area is 169 Å². The molecule has 0 fully saturated rings. The fraction of sp³-hybridized carbons (Fsp3) is 0.211. The first kappa shape index (κ1) is 18.7. The average Bonchev–Trinajstić information content (AvgIpc) is 3.23. The van der Waals surface area contributed by atoms with Crippen molar-refractivity contribution in [1.82, 2.24) is 14.5 Å². The fourth-order valence-corrected chi connectivity index (χ4v) is 6.13. The van der Waals surface area contributed by atoms with Gasteiger partial charge < -0.3 is 0 Å². The number of rotatable bonds is 2. The first-order valence-electron chi connectivity index (χ1n) is 8.70. The minimum absolute atomic E-state index is 0.189. The van der Waals surface area contributed by atoms with E-state index in [1.165, 1.54) is 4.31 Å². The van der Waals surface area contributed by atoms with E-state index in [-0.39, 0.29) is 4.90 Å². The molecule has 0 saturated carbocycles. The second kappa shape index (κ2) is 6.07. The lowest BCUT2D eigenvalue weighted by Crippen LogP contribution is -2.37. The normalized spacial score (nSPS) is 21.1. The second-order valence-electron chi connectivity index (χ2n) is 7.06. The van der Waals surface area contributed by atoms with Gasteiger partial charge in [-0.25, -0.2) is 8.42 Å². The number of H-pyrrole nitrogens is 1. The maximum atomic E-state index is 13.5. The lowest BCUT2D eigenvalue weighted by atomic mass is 10.0. The number of nitrogens with zero attached hydrogens (tertiary/aromatic N) is 2. The molecule has 10 heteroatoms. The van der Waals surface area contributed by atoms with Crippen molar-refractivity contribution in [3.8, 4) is 0 Å². The number of halogens is 4. The van der Waals surface area contributed by atoms with Crippen molar-refractivity contribution >= 4 is 21.6 Å². The monoisotopic (exact) mass is 439 g/mol. The van der Waals surface area contributed by atoms with Gasteiger partial charge in [-0.05, 0) is 47.5 Å². The molecule has 0 spiro atoms. The molecule has 5 rings (SSSR count). The largest absolute Gasteiger partial charge is 0.416 e. The minimum atomic E-state index is -4.54. The van der Waals surface area contributed by atoms with E-state index < -0.39 is 33.8 Å². The van der Waals surface area contributed by atoms with Crippen LogP contribution in [0.3, 0.4) is 0 Å². The number of alkyl halides is 3. The van der Waals surface area contributed by atoms with Gasteiger partial charge in [0, 0.05) is 22.7 Å². The number of aromatic nitrogens is 2. The van der Waals surface area contributed by atoms with Crippen LogP contribution in [-0.4, -0.2) is 22.9 Å². The molecule has 1 aromatic heterocycles. The van der Waals surface area contributed by atoms with Gasteiger partial charge in [-0.1, -0.05) is 17.7 Å². The third kappa shape index (κ3) is 2.72. The molecular formula is C19H13ClF3N3O2S. The Morgan fingerprint density at radius 3 is 2.48 bits per heavy atom. The third-order valence-electron chi connectivity index (χ3n) is 5.46. The number of fused-ring (bicyclic) bond motifs is 7. The quantitative estimate of drug-likeness (QED) is 0.640. The number of sulfonamides is 1. The highest BCUT2D eigenvalue weighted by atomic mass is 35.5. The van der Waals surface area contributed by atoms with Crippen molar-refractivity contribution < 1.29 is 21.6 Å². The molecule has 2 atom stereocenters. The van der Waals surface area contributed by atoms with Crippen LogP contribution in [0.1, 0.15) is 40.0 Å². The molecule has 0 radical (unpaired) electrons. The molecule has 150 valence electrons. The van der Waals surface area contributed by atoms with Crippen LogP contribution in [0, 0.1) is 0 Å². The third-order valence-corrected chi connectivity index (χ3v) is 7.59. The van der Waals surface area contributed by atoms with E-state index >= 15 is 0 Å². The van der Waals surface area contributed by atoms with Crippen molar-refractivity contribution in [3.63, 3.8) is 0 Å². The van der Waals surface area contributed by atoms with Gasteiger partial charge in [0.1, 0.15) is 0 Å². The molecule has 0 amide bonds. The van der Waals surface area contributed by atoms with Gasteiger partial charge in [-0.3, -0.25) is 5.10 Å². The van der Waals surface area contributed by atoms with Crippen LogP contribution in [0.25, 0.3) is 0 Å². The zero-order valence-corrected chi connectivity index (χ0v) is 16.2. The summed E-state index contributed by atoms with van der Waals surface area (Å²) in [5.74, 6) is 0. The number of hydrogen-bond acceptors (Lipinski definition) is 3. The topological polar surface area (TPSA) is 66.1 Å². The zero-order chi connectivity index (χ0) is 20.6. The molecule has 3 heterocycles. The Balaban J connectivity index is 1.64. The molecular weight excluding hydrogens is 427 g/mol. The van der Waals surface area contributed by atoms with Crippen LogP contribution in [0.4, 0.5) is 13.2 Å². The van der Waals surface area contributed by atoms with Crippen molar-refractivity contribution in [2.24, 2.45) is 0 Å². The number of hydrogen-bond donors (Lipinski definition) is 1. The summed E-state index contributed by atoms with van der Waals surface area (Å²) < 4.78 is 66.9. The average molecular weight is 440 g/mol. The number of nitrogens with one attached hydrogen (secondary N) is 1. The zero-order valence-electron chi connectivity index (χ0n) is 14.6. The summed E-state index contributed by atoms with van der Waals surface area (Å²) in [7, 11) is -4.08. The van der Waals surface area contributed by atoms with Gasteiger partial charge in [-0.2, -0.15) is 22.6 Å². The molecule has 3 aromatic rings. The molecule has 0 unspecified atom stereocenters. The van der Waals surface area contributed by atoms with Gasteiger partial charge in [-0.15, -0.1) is 0 Å². The van der Waals surface area contributed by atoms with Crippen molar-refractivity contribution in [2.75, 3.05) is 0 Å². The maximum Gasteiger partial charge on any atom is 0.416 e. The van der Waals surface area contributed by atoms with Crippen LogP contribution in [-0.2, 0) is 22.6 Å². The highest BCUT2D eigenvalue weighted by Crippen LogP contribution is 2.54. The summed E-state index contributed by atoms with van der Waals surface area (Å²) in [5, 5.41) is 7.44. The summed E-state index contributed by atoms with van der Waals surface area (Å²) in [6.45, 7) is 0. The highest BCUT2D eigenvalue weighted by Gasteiger charge is 2.51.